The summed E-state index contributed by atoms with van der Waals surface area (Å²) in [5.41, 5.74) is 0.352. The number of para-hydroxylation sites is 1. The predicted octanol–water partition coefficient (Wildman–Crippen LogP) is 3.02. The van der Waals surface area contributed by atoms with Crippen molar-refractivity contribution in [3.63, 3.8) is 0 Å². The van der Waals surface area contributed by atoms with E-state index in [-0.39, 0.29) is 12.8 Å². The molecule has 4 nitrogen and oxygen atoms in total. The molecular weight excluding hydrogens is 244 g/mol. The largest absolute Gasteiger partial charge is 0.460 e. The summed E-state index contributed by atoms with van der Waals surface area (Å²) < 4.78 is 10.3. The van der Waals surface area contributed by atoms with Crippen molar-refractivity contribution in [2.45, 2.75) is 46.1 Å². The second-order valence-corrected chi connectivity index (χ2v) is 5.33. The Bertz CT molecular complexity index is 457. The fraction of sp³-hybridized carbons (Fsp3) is 0.467. The van der Waals surface area contributed by atoms with Gasteiger partial charge in [-0.3, -0.25) is 9.59 Å². The minimum atomic E-state index is -0.531. The third-order valence-corrected chi connectivity index (χ3v) is 2.27. The van der Waals surface area contributed by atoms with Crippen molar-refractivity contribution in [1.29, 1.82) is 0 Å². The monoisotopic (exact) mass is 264 g/mol. The Morgan fingerprint density at radius 1 is 1.05 bits per heavy atom. The molecular formula is C15H20O4. The Morgan fingerprint density at radius 2 is 1.63 bits per heavy atom. The Hall–Kier alpha value is -1.84. The van der Waals surface area contributed by atoms with Gasteiger partial charge in [-0.2, -0.15) is 0 Å². The molecule has 0 heterocycles. The molecule has 4 heteroatoms. The van der Waals surface area contributed by atoms with Gasteiger partial charge in [0.2, 0.25) is 0 Å². The lowest BCUT2D eigenvalue weighted by molar-refractivity contribution is -0.156. The molecule has 1 rings (SSSR count). The van der Waals surface area contributed by atoms with Gasteiger partial charge in [-0.25, -0.2) is 0 Å². The van der Waals surface area contributed by atoms with E-state index in [0.717, 1.165) is 5.56 Å². The third-order valence-electron chi connectivity index (χ3n) is 2.27. The summed E-state index contributed by atoms with van der Waals surface area (Å²) in [6.07, 6.45) is 0.0469. The number of ether oxygens (including phenoxy) is 2. The van der Waals surface area contributed by atoms with E-state index in [1.165, 1.54) is 0 Å². The molecule has 19 heavy (non-hydrogen) atoms. The lowest BCUT2D eigenvalue weighted by Crippen LogP contribution is -2.24. The van der Waals surface area contributed by atoms with Crippen LogP contribution in [0.3, 0.4) is 0 Å². The van der Waals surface area contributed by atoms with Crippen LogP contribution in [0.1, 0.15) is 39.2 Å². The molecule has 0 N–H and O–H groups in total. The minimum absolute atomic E-state index is 0.0171. The molecule has 0 amide bonds. The molecule has 0 saturated heterocycles. The first-order valence-corrected chi connectivity index (χ1v) is 6.26. The van der Waals surface area contributed by atoms with Gasteiger partial charge in [0.15, 0.2) is 0 Å². The zero-order chi connectivity index (χ0) is 14.5. The number of hydrogen-bond acceptors (Lipinski definition) is 4. The molecule has 0 aliphatic heterocycles. The van der Waals surface area contributed by atoms with Gasteiger partial charge in [0.1, 0.15) is 11.4 Å². The molecule has 1 aromatic rings. The summed E-state index contributed by atoms with van der Waals surface area (Å²) in [4.78, 5) is 23.1. The van der Waals surface area contributed by atoms with E-state index in [0.29, 0.717) is 5.75 Å². The van der Waals surface area contributed by atoms with E-state index in [2.05, 4.69) is 0 Å². The van der Waals surface area contributed by atoms with Gasteiger partial charge in [-0.1, -0.05) is 18.2 Å². The van der Waals surface area contributed by atoms with Crippen LogP contribution in [0, 0.1) is 6.92 Å². The van der Waals surface area contributed by atoms with Crippen LogP contribution in [0.4, 0.5) is 0 Å². The van der Waals surface area contributed by atoms with Crippen molar-refractivity contribution in [2.24, 2.45) is 0 Å². The van der Waals surface area contributed by atoms with Gasteiger partial charge in [0, 0.05) is 0 Å². The fourth-order valence-corrected chi connectivity index (χ4v) is 1.44. The molecule has 0 aliphatic rings. The average molecular weight is 264 g/mol. The Labute approximate surface area is 113 Å². The topological polar surface area (TPSA) is 52.6 Å². The number of hydrogen-bond donors (Lipinski definition) is 0. The van der Waals surface area contributed by atoms with E-state index in [4.69, 9.17) is 9.47 Å². The maximum Gasteiger partial charge on any atom is 0.311 e. The molecule has 0 aromatic heterocycles. The fourth-order valence-electron chi connectivity index (χ4n) is 1.44. The molecule has 0 saturated carbocycles. The molecule has 0 bridgehead atoms. The van der Waals surface area contributed by atoms with E-state index in [1.807, 2.05) is 19.1 Å². The van der Waals surface area contributed by atoms with Gasteiger partial charge in [0.25, 0.3) is 0 Å². The molecule has 0 aliphatic carbocycles. The molecule has 104 valence electrons. The third kappa shape index (κ3) is 6.04. The molecule has 0 fully saturated rings. The minimum Gasteiger partial charge on any atom is -0.460 e. The zero-order valence-electron chi connectivity index (χ0n) is 11.9. The SMILES string of the molecule is Cc1ccccc1OC(=O)CCC(=O)OC(C)(C)C. The van der Waals surface area contributed by atoms with Gasteiger partial charge in [-0.15, -0.1) is 0 Å². The highest BCUT2D eigenvalue weighted by atomic mass is 16.6. The second-order valence-electron chi connectivity index (χ2n) is 5.33. The normalized spacial score (nSPS) is 10.9. The van der Waals surface area contributed by atoms with Crippen LogP contribution >= 0.6 is 0 Å². The highest BCUT2D eigenvalue weighted by molar-refractivity contribution is 5.79. The predicted molar refractivity (Wildman–Crippen MR) is 71.9 cm³/mol. The maximum absolute atomic E-state index is 11.6. The Kier molecular flexibility index (Phi) is 5.10. The standard InChI is InChI=1S/C15H20O4/c1-11-7-5-6-8-12(11)18-13(16)9-10-14(17)19-15(2,3)4/h5-8H,9-10H2,1-4H3. The maximum atomic E-state index is 11.6. The van der Waals surface area contributed by atoms with Crippen LogP contribution in [-0.2, 0) is 14.3 Å². The van der Waals surface area contributed by atoms with Crippen molar-refractivity contribution in [1.82, 2.24) is 0 Å². The summed E-state index contributed by atoms with van der Waals surface area (Å²) in [6.45, 7) is 7.22. The molecule has 1 aromatic carbocycles. The number of esters is 2. The quantitative estimate of drug-likeness (QED) is 0.619. The lowest BCUT2D eigenvalue weighted by Gasteiger charge is -2.19. The smallest absolute Gasteiger partial charge is 0.311 e. The highest BCUT2D eigenvalue weighted by Crippen LogP contribution is 2.17. The molecule has 0 unspecified atom stereocenters. The van der Waals surface area contributed by atoms with Crippen LogP contribution < -0.4 is 4.74 Å². The van der Waals surface area contributed by atoms with Crippen molar-refractivity contribution in [3.05, 3.63) is 29.8 Å². The van der Waals surface area contributed by atoms with Crippen molar-refractivity contribution in [3.8, 4) is 5.75 Å². The van der Waals surface area contributed by atoms with Crippen LogP contribution in [0.25, 0.3) is 0 Å². The molecule has 0 atom stereocenters. The van der Waals surface area contributed by atoms with Crippen LogP contribution in [-0.4, -0.2) is 17.5 Å². The molecule has 0 radical (unpaired) electrons. The summed E-state index contributed by atoms with van der Waals surface area (Å²) in [5.74, 6) is -0.300. The summed E-state index contributed by atoms with van der Waals surface area (Å²) in [6, 6.07) is 7.24. The first-order chi connectivity index (χ1) is 8.78. The van der Waals surface area contributed by atoms with Gasteiger partial charge in [0.05, 0.1) is 12.8 Å². The average Bonchev–Trinajstić information content (AvgIpc) is 2.27. The van der Waals surface area contributed by atoms with Crippen molar-refractivity contribution < 1.29 is 19.1 Å². The molecule has 0 spiro atoms. The van der Waals surface area contributed by atoms with Gasteiger partial charge in [-0.05, 0) is 39.3 Å². The highest BCUT2D eigenvalue weighted by Gasteiger charge is 2.17. The lowest BCUT2D eigenvalue weighted by atomic mass is 10.2. The second kappa shape index (κ2) is 6.36. The zero-order valence-corrected chi connectivity index (χ0v) is 11.9. The van der Waals surface area contributed by atoms with Crippen LogP contribution in [0.2, 0.25) is 0 Å². The summed E-state index contributed by atoms with van der Waals surface area (Å²) in [5, 5.41) is 0. The summed E-state index contributed by atoms with van der Waals surface area (Å²) in [7, 11) is 0. The number of carbonyl (C=O) groups is 2. The van der Waals surface area contributed by atoms with Gasteiger partial charge >= 0.3 is 11.9 Å². The van der Waals surface area contributed by atoms with Crippen molar-refractivity contribution in [2.75, 3.05) is 0 Å². The number of carbonyl (C=O) groups excluding carboxylic acids is 2. The van der Waals surface area contributed by atoms with E-state index in [9.17, 15) is 9.59 Å². The van der Waals surface area contributed by atoms with Crippen LogP contribution in [0.5, 0.6) is 5.75 Å². The first kappa shape index (κ1) is 15.2. The Morgan fingerprint density at radius 3 is 2.21 bits per heavy atom. The van der Waals surface area contributed by atoms with Crippen molar-refractivity contribution >= 4 is 11.9 Å². The van der Waals surface area contributed by atoms with E-state index >= 15 is 0 Å². The number of benzene rings is 1. The summed E-state index contributed by atoms with van der Waals surface area (Å²) >= 11 is 0. The number of aryl methyl sites for hydroxylation is 1. The first-order valence-electron chi connectivity index (χ1n) is 6.26. The van der Waals surface area contributed by atoms with Gasteiger partial charge < -0.3 is 9.47 Å². The van der Waals surface area contributed by atoms with E-state index < -0.39 is 17.5 Å². The number of rotatable bonds is 4. The Balaban J connectivity index is 2.41. The van der Waals surface area contributed by atoms with E-state index in [1.54, 1.807) is 32.9 Å². The van der Waals surface area contributed by atoms with Crippen LogP contribution in [0.15, 0.2) is 24.3 Å².